The standard InChI is InChI=1S/C18H18ClNO2/c1-20-9-8-18(21)14-4-2-3-5-17(14)22-16-7-6-12(19)10-13(16)15(18)11-20/h2-7,10,15,21H,8-9,11H2,1H3/t15-,18-/m0/s1. The van der Waals surface area contributed by atoms with Gasteiger partial charge in [0.05, 0.1) is 0 Å². The molecular formula is C18H18ClNO2. The predicted octanol–water partition coefficient (Wildman–Crippen LogP) is 3.75. The zero-order valence-electron chi connectivity index (χ0n) is 12.4. The zero-order valence-corrected chi connectivity index (χ0v) is 13.2. The lowest BCUT2D eigenvalue weighted by atomic mass is 9.73. The number of likely N-dealkylation sites (N-methyl/N-ethyl adjacent to an activating group) is 1. The molecule has 1 N–H and O–H groups in total. The van der Waals surface area contributed by atoms with Gasteiger partial charge in [-0.2, -0.15) is 0 Å². The Morgan fingerprint density at radius 2 is 2.05 bits per heavy atom. The van der Waals surface area contributed by atoms with Crippen LogP contribution in [0.2, 0.25) is 5.02 Å². The van der Waals surface area contributed by atoms with E-state index in [1.807, 2.05) is 42.5 Å². The van der Waals surface area contributed by atoms with Crippen molar-refractivity contribution in [1.82, 2.24) is 4.90 Å². The second kappa shape index (κ2) is 4.98. The molecule has 0 spiro atoms. The van der Waals surface area contributed by atoms with E-state index in [-0.39, 0.29) is 5.92 Å². The van der Waals surface area contributed by atoms with E-state index in [1.165, 1.54) is 0 Å². The van der Waals surface area contributed by atoms with E-state index in [4.69, 9.17) is 16.3 Å². The average molecular weight is 316 g/mol. The van der Waals surface area contributed by atoms with Crippen molar-refractivity contribution >= 4 is 11.6 Å². The Balaban J connectivity index is 1.98. The molecule has 2 aromatic rings. The van der Waals surface area contributed by atoms with Crippen LogP contribution in [0.4, 0.5) is 0 Å². The van der Waals surface area contributed by atoms with Crippen LogP contribution in [0.15, 0.2) is 42.5 Å². The van der Waals surface area contributed by atoms with Crippen LogP contribution in [-0.4, -0.2) is 30.1 Å². The molecule has 1 fully saturated rings. The Kier molecular flexibility index (Phi) is 3.19. The number of para-hydroxylation sites is 1. The van der Waals surface area contributed by atoms with E-state index in [0.717, 1.165) is 35.7 Å². The maximum Gasteiger partial charge on any atom is 0.133 e. The summed E-state index contributed by atoms with van der Waals surface area (Å²) in [6.45, 7) is 1.64. The van der Waals surface area contributed by atoms with Crippen LogP contribution < -0.4 is 4.74 Å². The minimum Gasteiger partial charge on any atom is -0.457 e. The van der Waals surface area contributed by atoms with E-state index < -0.39 is 5.60 Å². The summed E-state index contributed by atoms with van der Waals surface area (Å²) in [6.07, 6.45) is 0.681. The first-order valence-electron chi connectivity index (χ1n) is 7.56. The summed E-state index contributed by atoms with van der Waals surface area (Å²) in [6, 6.07) is 13.4. The number of fused-ring (bicyclic) bond motifs is 5. The van der Waals surface area contributed by atoms with Gasteiger partial charge < -0.3 is 14.7 Å². The van der Waals surface area contributed by atoms with Gasteiger partial charge in [-0.1, -0.05) is 29.8 Å². The lowest BCUT2D eigenvalue weighted by Gasteiger charge is -2.43. The molecular weight excluding hydrogens is 298 g/mol. The molecule has 3 nitrogen and oxygen atoms in total. The summed E-state index contributed by atoms with van der Waals surface area (Å²) < 4.78 is 6.11. The highest BCUT2D eigenvalue weighted by Crippen LogP contribution is 2.52. The molecule has 2 aromatic carbocycles. The van der Waals surface area contributed by atoms with Gasteiger partial charge in [-0.3, -0.25) is 0 Å². The van der Waals surface area contributed by atoms with Gasteiger partial charge in [-0.15, -0.1) is 0 Å². The van der Waals surface area contributed by atoms with Crippen molar-refractivity contribution in [1.29, 1.82) is 0 Å². The van der Waals surface area contributed by atoms with Crippen molar-refractivity contribution in [2.45, 2.75) is 17.9 Å². The summed E-state index contributed by atoms with van der Waals surface area (Å²) in [5, 5.41) is 12.2. The highest BCUT2D eigenvalue weighted by atomic mass is 35.5. The van der Waals surface area contributed by atoms with Gasteiger partial charge in [-0.25, -0.2) is 0 Å². The Labute approximate surface area is 135 Å². The largest absolute Gasteiger partial charge is 0.457 e. The van der Waals surface area contributed by atoms with E-state index in [2.05, 4.69) is 11.9 Å². The number of ether oxygens (including phenoxy) is 1. The Hall–Kier alpha value is -1.55. The predicted molar refractivity (Wildman–Crippen MR) is 86.7 cm³/mol. The first-order valence-corrected chi connectivity index (χ1v) is 7.93. The van der Waals surface area contributed by atoms with Gasteiger partial charge in [-0.05, 0) is 37.7 Å². The second-order valence-electron chi connectivity index (χ2n) is 6.27. The van der Waals surface area contributed by atoms with Crippen LogP contribution in [0.5, 0.6) is 11.5 Å². The maximum atomic E-state index is 11.5. The molecule has 0 amide bonds. The van der Waals surface area contributed by atoms with Gasteiger partial charge in [0.25, 0.3) is 0 Å². The van der Waals surface area contributed by atoms with Crippen molar-refractivity contribution in [3.8, 4) is 11.5 Å². The molecule has 0 aliphatic carbocycles. The summed E-state index contributed by atoms with van der Waals surface area (Å²) in [5.41, 5.74) is 0.942. The molecule has 2 aliphatic rings. The third-order valence-corrected chi connectivity index (χ3v) is 5.10. The minimum atomic E-state index is -0.918. The molecule has 4 heteroatoms. The maximum absolute atomic E-state index is 11.5. The number of nitrogens with zero attached hydrogens (tertiary/aromatic N) is 1. The Morgan fingerprint density at radius 3 is 2.91 bits per heavy atom. The fourth-order valence-electron chi connectivity index (χ4n) is 3.68. The highest BCUT2D eigenvalue weighted by molar-refractivity contribution is 6.30. The van der Waals surface area contributed by atoms with Crippen LogP contribution in [0.3, 0.4) is 0 Å². The molecule has 22 heavy (non-hydrogen) atoms. The number of aliphatic hydroxyl groups is 1. The highest BCUT2D eigenvalue weighted by Gasteiger charge is 2.47. The lowest BCUT2D eigenvalue weighted by molar-refractivity contribution is -0.0410. The van der Waals surface area contributed by atoms with Crippen LogP contribution >= 0.6 is 11.6 Å². The van der Waals surface area contributed by atoms with Gasteiger partial charge in [0.2, 0.25) is 0 Å². The van der Waals surface area contributed by atoms with E-state index in [0.29, 0.717) is 11.4 Å². The lowest BCUT2D eigenvalue weighted by Crippen LogP contribution is -2.46. The van der Waals surface area contributed by atoms with Crippen molar-refractivity contribution in [2.24, 2.45) is 0 Å². The SMILES string of the molecule is CN1CC[C@]2(O)c3ccccc3Oc3ccc(Cl)cc3[C@@H]2C1. The number of rotatable bonds is 0. The van der Waals surface area contributed by atoms with Crippen LogP contribution in [0.25, 0.3) is 0 Å². The molecule has 1 saturated heterocycles. The molecule has 0 saturated carbocycles. The topological polar surface area (TPSA) is 32.7 Å². The average Bonchev–Trinajstić information content (AvgIpc) is 2.61. The molecule has 0 unspecified atom stereocenters. The molecule has 4 rings (SSSR count). The third-order valence-electron chi connectivity index (χ3n) is 4.87. The van der Waals surface area contributed by atoms with Gasteiger partial charge in [0, 0.05) is 35.2 Å². The van der Waals surface area contributed by atoms with Gasteiger partial charge in [0.1, 0.15) is 17.1 Å². The molecule has 0 radical (unpaired) electrons. The Bertz CT molecular complexity index is 733. The summed E-state index contributed by atoms with van der Waals surface area (Å²) in [7, 11) is 2.08. The second-order valence-corrected chi connectivity index (χ2v) is 6.71. The number of hydrogen-bond acceptors (Lipinski definition) is 3. The number of piperidine rings is 1. The summed E-state index contributed by atoms with van der Waals surface area (Å²) in [5.74, 6) is 1.47. The van der Waals surface area contributed by atoms with Gasteiger partial charge >= 0.3 is 0 Å². The van der Waals surface area contributed by atoms with Crippen LogP contribution in [0.1, 0.15) is 23.5 Å². The van der Waals surface area contributed by atoms with Gasteiger partial charge in [0.15, 0.2) is 0 Å². The molecule has 2 heterocycles. The van der Waals surface area contributed by atoms with Crippen molar-refractivity contribution in [3.63, 3.8) is 0 Å². The number of benzene rings is 2. The van der Waals surface area contributed by atoms with E-state index in [1.54, 1.807) is 0 Å². The number of halogens is 1. The smallest absolute Gasteiger partial charge is 0.133 e. The first kappa shape index (κ1) is 14.1. The third kappa shape index (κ3) is 2.04. The van der Waals surface area contributed by atoms with E-state index >= 15 is 0 Å². The molecule has 114 valence electrons. The quantitative estimate of drug-likeness (QED) is 0.803. The molecule has 0 bridgehead atoms. The first-order chi connectivity index (χ1) is 10.6. The molecule has 2 atom stereocenters. The molecule has 2 aliphatic heterocycles. The molecule has 0 aromatic heterocycles. The normalized spacial score (nSPS) is 27.1. The van der Waals surface area contributed by atoms with Crippen molar-refractivity contribution in [2.75, 3.05) is 20.1 Å². The van der Waals surface area contributed by atoms with Crippen LogP contribution in [-0.2, 0) is 5.60 Å². The zero-order chi connectivity index (χ0) is 15.3. The summed E-state index contributed by atoms with van der Waals surface area (Å²) >= 11 is 6.20. The van der Waals surface area contributed by atoms with E-state index in [9.17, 15) is 5.11 Å². The number of likely N-dealkylation sites (tertiary alicyclic amines) is 1. The van der Waals surface area contributed by atoms with Crippen molar-refractivity contribution in [3.05, 3.63) is 58.6 Å². The monoisotopic (exact) mass is 315 g/mol. The minimum absolute atomic E-state index is 0.0522. The summed E-state index contributed by atoms with van der Waals surface area (Å²) in [4.78, 5) is 2.25. The number of hydrogen-bond donors (Lipinski definition) is 1. The van der Waals surface area contributed by atoms with Crippen molar-refractivity contribution < 1.29 is 9.84 Å². The fraction of sp³-hybridized carbons (Fsp3) is 0.333. The fourth-order valence-corrected chi connectivity index (χ4v) is 3.86. The Morgan fingerprint density at radius 1 is 1.23 bits per heavy atom. The van der Waals surface area contributed by atoms with Crippen LogP contribution in [0, 0.1) is 0 Å².